The van der Waals surface area contributed by atoms with E-state index >= 15 is 0 Å². The second-order valence-corrected chi connectivity index (χ2v) is 7.74. The highest BCUT2D eigenvalue weighted by Gasteiger charge is 2.23. The Balaban J connectivity index is 1.31. The molecule has 4 heterocycles. The van der Waals surface area contributed by atoms with E-state index in [4.69, 9.17) is 0 Å². The van der Waals surface area contributed by atoms with E-state index in [0.717, 1.165) is 63.2 Å². The number of amides is 1. The molecule has 0 unspecified atom stereocenters. The first-order chi connectivity index (χ1) is 13.7. The third kappa shape index (κ3) is 4.47. The van der Waals surface area contributed by atoms with Gasteiger partial charge in [0.2, 0.25) is 5.91 Å². The zero-order valence-corrected chi connectivity index (χ0v) is 16.2. The van der Waals surface area contributed by atoms with Crippen molar-refractivity contribution in [3.63, 3.8) is 0 Å². The molecular weight excluding hydrogens is 354 g/mol. The van der Waals surface area contributed by atoms with Gasteiger partial charge in [0.25, 0.3) is 5.56 Å². The van der Waals surface area contributed by atoms with E-state index < -0.39 is 0 Å². The van der Waals surface area contributed by atoms with Crippen LogP contribution in [-0.2, 0) is 11.3 Å². The topological polar surface area (TPSA) is 71.3 Å². The standard InChI is InChI=1S/C21H27N5O2/c27-20-2-1-11-25(20)15-14-24-12-7-17(8-13-24)16-26-21(28)4-3-19(23-26)18-5-9-22-10-6-18/h3-6,9-10,17H,1-2,7-8,11-16H2. The number of carbonyl (C=O) groups is 1. The van der Waals surface area contributed by atoms with Crippen LogP contribution in [0.25, 0.3) is 11.3 Å². The highest BCUT2D eigenvalue weighted by Crippen LogP contribution is 2.20. The molecule has 0 bridgehead atoms. The maximum atomic E-state index is 12.3. The SMILES string of the molecule is O=C1CCCN1CCN1CCC(Cn2nc(-c3ccncc3)ccc2=O)CC1. The van der Waals surface area contributed by atoms with Crippen molar-refractivity contribution in [3.05, 3.63) is 47.0 Å². The normalized spacial score (nSPS) is 18.7. The summed E-state index contributed by atoms with van der Waals surface area (Å²) in [6, 6.07) is 7.18. The highest BCUT2D eigenvalue weighted by atomic mass is 16.2. The molecule has 2 aromatic rings. The van der Waals surface area contributed by atoms with Crippen LogP contribution in [-0.4, -0.2) is 63.2 Å². The van der Waals surface area contributed by atoms with E-state index in [-0.39, 0.29) is 5.56 Å². The van der Waals surface area contributed by atoms with Crippen molar-refractivity contribution in [2.24, 2.45) is 5.92 Å². The molecule has 0 N–H and O–H groups in total. The van der Waals surface area contributed by atoms with Gasteiger partial charge >= 0.3 is 0 Å². The number of hydrogen-bond donors (Lipinski definition) is 0. The lowest BCUT2D eigenvalue weighted by atomic mass is 9.97. The molecular formula is C21H27N5O2. The van der Waals surface area contributed by atoms with Crippen molar-refractivity contribution in [2.75, 3.05) is 32.7 Å². The minimum Gasteiger partial charge on any atom is -0.341 e. The molecule has 2 aliphatic heterocycles. The van der Waals surface area contributed by atoms with Crippen molar-refractivity contribution in [2.45, 2.75) is 32.2 Å². The van der Waals surface area contributed by atoms with Crippen LogP contribution in [0.2, 0.25) is 0 Å². The molecule has 1 amide bonds. The van der Waals surface area contributed by atoms with Crippen LogP contribution in [0, 0.1) is 5.92 Å². The quantitative estimate of drug-likeness (QED) is 0.761. The van der Waals surface area contributed by atoms with Gasteiger partial charge in [0.1, 0.15) is 0 Å². The van der Waals surface area contributed by atoms with E-state index in [2.05, 4.69) is 15.0 Å². The fourth-order valence-electron chi connectivity index (χ4n) is 4.10. The average molecular weight is 381 g/mol. The molecule has 0 spiro atoms. The monoisotopic (exact) mass is 381 g/mol. The van der Waals surface area contributed by atoms with Crippen molar-refractivity contribution < 1.29 is 4.79 Å². The molecule has 0 aliphatic carbocycles. The van der Waals surface area contributed by atoms with Crippen LogP contribution in [0.4, 0.5) is 0 Å². The van der Waals surface area contributed by atoms with Gasteiger partial charge in [-0.05, 0) is 56.5 Å². The minimum atomic E-state index is -0.0484. The van der Waals surface area contributed by atoms with Crippen LogP contribution in [0.5, 0.6) is 0 Å². The van der Waals surface area contributed by atoms with Gasteiger partial charge in [-0.1, -0.05) is 0 Å². The smallest absolute Gasteiger partial charge is 0.266 e. The summed E-state index contributed by atoms with van der Waals surface area (Å²) in [7, 11) is 0. The third-order valence-corrected chi connectivity index (χ3v) is 5.84. The summed E-state index contributed by atoms with van der Waals surface area (Å²) >= 11 is 0. The van der Waals surface area contributed by atoms with Gasteiger partial charge in [-0.3, -0.25) is 14.6 Å². The molecule has 148 valence electrons. The van der Waals surface area contributed by atoms with Gasteiger partial charge in [-0.25, -0.2) is 4.68 Å². The molecule has 2 fully saturated rings. The molecule has 0 aromatic carbocycles. The molecule has 2 aromatic heterocycles. The predicted molar refractivity (Wildman–Crippen MR) is 107 cm³/mol. The van der Waals surface area contributed by atoms with Crippen molar-refractivity contribution in [1.29, 1.82) is 0 Å². The average Bonchev–Trinajstić information content (AvgIpc) is 3.14. The lowest BCUT2D eigenvalue weighted by Gasteiger charge is -2.33. The second kappa shape index (κ2) is 8.65. The largest absolute Gasteiger partial charge is 0.341 e. The van der Waals surface area contributed by atoms with Gasteiger partial charge < -0.3 is 9.80 Å². The Morgan fingerprint density at radius 3 is 2.46 bits per heavy atom. The van der Waals surface area contributed by atoms with Crippen LogP contribution in [0.1, 0.15) is 25.7 Å². The summed E-state index contributed by atoms with van der Waals surface area (Å²) in [5.41, 5.74) is 1.72. The zero-order chi connectivity index (χ0) is 19.3. The molecule has 0 atom stereocenters. The molecule has 0 saturated carbocycles. The number of likely N-dealkylation sites (tertiary alicyclic amines) is 2. The number of aromatic nitrogens is 3. The van der Waals surface area contributed by atoms with E-state index in [0.29, 0.717) is 24.8 Å². The Bertz CT molecular complexity index is 859. The second-order valence-electron chi connectivity index (χ2n) is 7.74. The lowest BCUT2D eigenvalue weighted by molar-refractivity contribution is -0.127. The van der Waals surface area contributed by atoms with Crippen LogP contribution < -0.4 is 5.56 Å². The van der Waals surface area contributed by atoms with Crippen molar-refractivity contribution in [1.82, 2.24) is 24.6 Å². The maximum absolute atomic E-state index is 12.3. The van der Waals surface area contributed by atoms with Crippen molar-refractivity contribution in [3.8, 4) is 11.3 Å². The number of hydrogen-bond acceptors (Lipinski definition) is 5. The first kappa shape index (κ1) is 18.8. The molecule has 0 radical (unpaired) electrons. The van der Waals surface area contributed by atoms with Gasteiger partial charge in [0, 0.05) is 56.6 Å². The Morgan fingerprint density at radius 1 is 0.964 bits per heavy atom. The van der Waals surface area contributed by atoms with E-state index in [9.17, 15) is 9.59 Å². The fourth-order valence-corrected chi connectivity index (χ4v) is 4.10. The van der Waals surface area contributed by atoms with Gasteiger partial charge in [0.05, 0.1) is 5.69 Å². The third-order valence-electron chi connectivity index (χ3n) is 5.84. The van der Waals surface area contributed by atoms with Crippen molar-refractivity contribution >= 4 is 5.91 Å². The van der Waals surface area contributed by atoms with Gasteiger partial charge in [0.15, 0.2) is 0 Å². The summed E-state index contributed by atoms with van der Waals surface area (Å²) < 4.78 is 1.61. The molecule has 4 rings (SSSR count). The van der Waals surface area contributed by atoms with Gasteiger partial charge in [-0.15, -0.1) is 0 Å². The fraction of sp³-hybridized carbons (Fsp3) is 0.524. The minimum absolute atomic E-state index is 0.0484. The lowest BCUT2D eigenvalue weighted by Crippen LogP contribution is -2.41. The Morgan fingerprint density at radius 2 is 1.75 bits per heavy atom. The van der Waals surface area contributed by atoms with E-state index in [1.165, 1.54) is 0 Å². The molecule has 7 nitrogen and oxygen atoms in total. The van der Waals surface area contributed by atoms with Crippen LogP contribution in [0.15, 0.2) is 41.5 Å². The summed E-state index contributed by atoms with van der Waals surface area (Å²) in [4.78, 5) is 32.4. The Kier molecular flexibility index (Phi) is 5.81. The molecule has 7 heteroatoms. The number of piperidine rings is 1. The molecule has 28 heavy (non-hydrogen) atoms. The highest BCUT2D eigenvalue weighted by molar-refractivity contribution is 5.78. The number of rotatable bonds is 6. The first-order valence-electron chi connectivity index (χ1n) is 10.2. The Labute approximate surface area is 165 Å². The zero-order valence-electron chi connectivity index (χ0n) is 16.2. The maximum Gasteiger partial charge on any atom is 0.266 e. The predicted octanol–water partition coefficient (Wildman–Crippen LogP) is 1.64. The summed E-state index contributed by atoms with van der Waals surface area (Å²) in [5, 5.41) is 4.57. The number of carbonyl (C=O) groups excluding carboxylic acids is 1. The number of pyridine rings is 1. The van der Waals surface area contributed by atoms with E-state index in [1.807, 2.05) is 17.0 Å². The van der Waals surface area contributed by atoms with Crippen LogP contribution >= 0.6 is 0 Å². The summed E-state index contributed by atoms with van der Waals surface area (Å²) in [6.45, 7) is 5.41. The number of nitrogens with zero attached hydrogens (tertiary/aromatic N) is 5. The van der Waals surface area contributed by atoms with Crippen LogP contribution in [0.3, 0.4) is 0 Å². The molecule has 2 aliphatic rings. The molecule has 2 saturated heterocycles. The van der Waals surface area contributed by atoms with E-state index in [1.54, 1.807) is 29.2 Å². The Hall–Kier alpha value is -2.54. The summed E-state index contributed by atoms with van der Waals surface area (Å²) in [6.07, 6.45) is 7.29. The summed E-state index contributed by atoms with van der Waals surface area (Å²) in [5.74, 6) is 0.761. The van der Waals surface area contributed by atoms with Gasteiger partial charge in [-0.2, -0.15) is 5.10 Å². The first-order valence-corrected chi connectivity index (χ1v) is 10.2.